The summed E-state index contributed by atoms with van der Waals surface area (Å²) in [6, 6.07) is 8.71. The highest BCUT2D eigenvalue weighted by molar-refractivity contribution is 6.44. The predicted octanol–water partition coefficient (Wildman–Crippen LogP) is 9.57. The Bertz CT molecular complexity index is 1920. The zero-order valence-corrected chi connectivity index (χ0v) is 28.0. The summed E-state index contributed by atoms with van der Waals surface area (Å²) in [7, 11) is 0. The van der Waals surface area contributed by atoms with Gasteiger partial charge in [-0.15, -0.1) is 0 Å². The normalized spacial score (nSPS) is 18.7. The summed E-state index contributed by atoms with van der Waals surface area (Å²) in [6.07, 6.45) is 12.0. The molecule has 0 amide bonds. The number of nitrogens with zero attached hydrogens (tertiary/aromatic N) is 2. The first kappa shape index (κ1) is 30.3. The van der Waals surface area contributed by atoms with Gasteiger partial charge in [-0.3, -0.25) is 9.59 Å². The molecule has 0 saturated heterocycles. The average molecular weight is 613 g/mol. The van der Waals surface area contributed by atoms with Gasteiger partial charge in [-0.2, -0.15) is 0 Å². The molecule has 0 fully saturated rings. The Labute approximate surface area is 271 Å². The molecule has 3 aromatic heterocycles. The van der Waals surface area contributed by atoms with Crippen LogP contribution in [0.25, 0.3) is 44.4 Å². The number of rotatable bonds is 8. The molecular weight excluding hydrogens is 568 g/mol. The van der Waals surface area contributed by atoms with Crippen molar-refractivity contribution in [2.45, 2.75) is 105 Å². The summed E-state index contributed by atoms with van der Waals surface area (Å²) < 4.78 is 0. The van der Waals surface area contributed by atoms with Gasteiger partial charge < -0.3 is 9.97 Å². The van der Waals surface area contributed by atoms with Gasteiger partial charge in [0.25, 0.3) is 0 Å². The zero-order valence-electron chi connectivity index (χ0n) is 28.0. The lowest BCUT2D eigenvalue weighted by Crippen LogP contribution is -2.35. The van der Waals surface area contributed by atoms with Crippen molar-refractivity contribution in [1.29, 1.82) is 0 Å². The van der Waals surface area contributed by atoms with Gasteiger partial charge in [0.15, 0.2) is 0 Å². The van der Waals surface area contributed by atoms with E-state index in [2.05, 4.69) is 75.8 Å². The first-order valence-corrected chi connectivity index (χ1v) is 17.3. The van der Waals surface area contributed by atoms with Crippen LogP contribution in [0.1, 0.15) is 137 Å². The fourth-order valence-corrected chi connectivity index (χ4v) is 7.96. The average Bonchev–Trinajstić information content (AvgIpc) is 3.75. The van der Waals surface area contributed by atoms with E-state index in [0.29, 0.717) is 0 Å². The van der Waals surface area contributed by atoms with Crippen molar-refractivity contribution in [2.75, 3.05) is 0 Å². The van der Waals surface area contributed by atoms with E-state index in [-0.39, 0.29) is 11.6 Å². The van der Waals surface area contributed by atoms with E-state index in [4.69, 9.17) is 9.97 Å². The molecule has 3 aliphatic carbocycles. The molecule has 2 atom stereocenters. The molecule has 5 heterocycles. The number of H-pyrrole nitrogens is 2. The number of aromatic amines is 2. The van der Waals surface area contributed by atoms with E-state index in [1.807, 2.05) is 12.2 Å². The highest BCUT2D eigenvalue weighted by Crippen LogP contribution is 2.46. The van der Waals surface area contributed by atoms with Crippen molar-refractivity contribution in [3.8, 4) is 0 Å². The number of allylic oxidation sites excluding steroid dienone is 6. The summed E-state index contributed by atoms with van der Waals surface area (Å²) >= 11 is 0. The number of nitrogens with one attached hydrogen (secondary N) is 2. The first-order valence-electron chi connectivity index (χ1n) is 17.3. The van der Waals surface area contributed by atoms with Crippen LogP contribution >= 0.6 is 0 Å². The quantitative estimate of drug-likeness (QED) is 0.196. The molecule has 6 nitrogen and oxygen atoms in total. The molecule has 5 aliphatic rings. The molecule has 2 aliphatic heterocycles. The van der Waals surface area contributed by atoms with Crippen LogP contribution in [0.15, 0.2) is 36.4 Å². The maximum Gasteiger partial charge on any atom is 0.210 e. The Morgan fingerprint density at radius 1 is 0.587 bits per heavy atom. The zero-order chi connectivity index (χ0) is 32.3. The summed E-state index contributed by atoms with van der Waals surface area (Å²) in [5.74, 6) is -1.79. The van der Waals surface area contributed by atoms with Crippen molar-refractivity contribution >= 4 is 55.9 Å². The molecule has 236 valence electrons. The van der Waals surface area contributed by atoms with Crippen LogP contribution in [-0.4, -0.2) is 31.5 Å². The van der Waals surface area contributed by atoms with Gasteiger partial charge in [0, 0.05) is 22.1 Å². The van der Waals surface area contributed by atoms with E-state index < -0.39 is 11.8 Å². The maximum atomic E-state index is 13.2. The first-order chi connectivity index (χ1) is 22.3. The van der Waals surface area contributed by atoms with Crippen molar-refractivity contribution in [3.63, 3.8) is 0 Å². The topological polar surface area (TPSA) is 91.5 Å². The minimum Gasteiger partial charge on any atom is -0.355 e. The second kappa shape index (κ2) is 11.8. The molecule has 1 unspecified atom stereocenters. The van der Waals surface area contributed by atoms with Gasteiger partial charge in [-0.25, -0.2) is 9.97 Å². The summed E-state index contributed by atoms with van der Waals surface area (Å²) in [5, 5.41) is 0. The highest BCUT2D eigenvalue weighted by atomic mass is 16.2. The molecule has 3 aromatic rings. The summed E-state index contributed by atoms with van der Waals surface area (Å²) in [6.45, 7) is 13.3. The molecule has 8 rings (SSSR count). The lowest BCUT2D eigenvalue weighted by atomic mass is 9.70. The lowest BCUT2D eigenvalue weighted by Gasteiger charge is -2.28. The molecule has 2 N–H and O–H groups in total. The van der Waals surface area contributed by atoms with E-state index in [1.54, 1.807) is 0 Å². The van der Waals surface area contributed by atoms with Crippen LogP contribution in [0.5, 0.6) is 0 Å². The summed E-state index contributed by atoms with van der Waals surface area (Å²) in [4.78, 5) is 44.4. The molecule has 46 heavy (non-hydrogen) atoms. The van der Waals surface area contributed by atoms with Gasteiger partial charge in [0.1, 0.15) is 0 Å². The smallest absolute Gasteiger partial charge is 0.210 e. The number of aryl methyl sites for hydroxylation is 2. The minimum atomic E-state index is -0.575. The molecular formula is C40H44N4O2. The van der Waals surface area contributed by atoms with E-state index >= 15 is 0 Å². The Morgan fingerprint density at radius 3 is 1.37 bits per heavy atom. The number of fused-ring (bicyclic) bond motifs is 9. The van der Waals surface area contributed by atoms with Gasteiger partial charge in [0.05, 0.1) is 34.6 Å². The monoisotopic (exact) mass is 612 g/mol. The van der Waals surface area contributed by atoms with Gasteiger partial charge in [-0.1, -0.05) is 52.7 Å². The Balaban J connectivity index is 1.63. The second-order valence-corrected chi connectivity index (χ2v) is 13.2. The molecule has 10 bridgehead atoms. The van der Waals surface area contributed by atoms with E-state index in [1.165, 1.54) is 33.4 Å². The number of aromatic nitrogens is 4. The van der Waals surface area contributed by atoms with Crippen LogP contribution in [0.2, 0.25) is 0 Å². The van der Waals surface area contributed by atoms with Crippen molar-refractivity contribution in [1.82, 2.24) is 19.9 Å². The number of hydrogen-bond acceptors (Lipinski definition) is 4. The van der Waals surface area contributed by atoms with Crippen LogP contribution in [0, 0.1) is 0 Å². The Kier molecular flexibility index (Phi) is 7.78. The number of carbonyl (C=O) groups excluding carboxylic acids is 2. The highest BCUT2D eigenvalue weighted by Gasteiger charge is 2.44. The van der Waals surface area contributed by atoms with Crippen molar-refractivity contribution < 1.29 is 9.59 Å². The number of Topliss-reactive ketones (excluding diaryl/α,β-unsaturated/α-hetero) is 2. The van der Waals surface area contributed by atoms with Gasteiger partial charge >= 0.3 is 0 Å². The molecule has 0 spiro atoms. The fourth-order valence-electron chi connectivity index (χ4n) is 7.96. The van der Waals surface area contributed by atoms with Gasteiger partial charge in [0.2, 0.25) is 11.6 Å². The summed E-state index contributed by atoms with van der Waals surface area (Å²) in [5.41, 5.74) is 17.2. The molecule has 6 heteroatoms. The van der Waals surface area contributed by atoms with E-state index in [0.717, 1.165) is 107 Å². The molecule has 0 saturated carbocycles. The third kappa shape index (κ3) is 4.68. The number of ketones is 2. The third-order valence-electron chi connectivity index (χ3n) is 10.5. The van der Waals surface area contributed by atoms with Crippen LogP contribution in [0.3, 0.4) is 0 Å². The molecule has 0 radical (unpaired) electrons. The maximum absolute atomic E-state index is 13.2. The fraction of sp³-hybridized carbons (Fsp3) is 0.400. The Morgan fingerprint density at radius 2 is 0.978 bits per heavy atom. The lowest BCUT2D eigenvalue weighted by molar-refractivity contribution is -0.138. The van der Waals surface area contributed by atoms with Gasteiger partial charge in [-0.05, 0) is 121 Å². The Hall–Kier alpha value is -4.32. The van der Waals surface area contributed by atoms with E-state index in [9.17, 15) is 9.59 Å². The minimum absolute atomic E-state index is 0.321. The van der Waals surface area contributed by atoms with Crippen molar-refractivity contribution in [3.05, 3.63) is 81.4 Å². The second-order valence-electron chi connectivity index (χ2n) is 13.2. The molecule has 0 aromatic carbocycles. The predicted molar refractivity (Wildman–Crippen MR) is 188 cm³/mol. The van der Waals surface area contributed by atoms with Crippen LogP contribution in [-0.2, 0) is 22.4 Å². The largest absolute Gasteiger partial charge is 0.355 e. The van der Waals surface area contributed by atoms with Crippen LogP contribution < -0.4 is 0 Å². The SMILES string of the molecule is CCCCC1=C(C)c2cc3[nH]c(cc4nc(cc5[nH]c(cc1n2)c(CC)c5CC)C(CCCC)=C4C)c1c3C2C=C[C@@H]1C(=O)C2=O. The van der Waals surface area contributed by atoms with Crippen molar-refractivity contribution in [2.24, 2.45) is 0 Å². The van der Waals surface area contributed by atoms with Crippen LogP contribution in [0.4, 0.5) is 0 Å². The number of hydrogen-bond donors (Lipinski definition) is 2. The number of unbranched alkanes of at least 4 members (excludes halogenated alkanes) is 2. The number of carbonyl (C=O) groups is 2. The third-order valence-corrected chi connectivity index (χ3v) is 10.5. The standard InChI is InChI=1S/C40H44N4O2/c1-7-11-13-25-21(5)29-17-35-37-27-15-16-28(40(46)39(27)45)38(37)36(44-35)18-30-22(6)26(14-12-8-2)34(42-30)20-32-24(10-4)23(9-3)31(43-32)19-33(25)41-29/h15-20,27-28,43-44H,7-14H2,1-6H3/t27-,28?/m0/s1.